The van der Waals surface area contributed by atoms with Gasteiger partial charge < -0.3 is 20.3 Å². The summed E-state index contributed by atoms with van der Waals surface area (Å²) >= 11 is 0. The summed E-state index contributed by atoms with van der Waals surface area (Å²) in [5, 5.41) is 23.4. The van der Waals surface area contributed by atoms with Gasteiger partial charge in [-0.05, 0) is 51.4 Å². The smallest absolute Gasteiger partial charge is 0.305 e. The Balaban J connectivity index is 3.34. The highest BCUT2D eigenvalue weighted by atomic mass is 16.5. The van der Waals surface area contributed by atoms with Crippen LogP contribution in [0.4, 0.5) is 0 Å². The first-order valence-electron chi connectivity index (χ1n) is 35.9. The molecule has 0 aromatic carbocycles. The summed E-state index contributed by atoms with van der Waals surface area (Å²) < 4.78 is 5.51. The lowest BCUT2D eigenvalue weighted by molar-refractivity contribution is -0.143. The standard InChI is InChI=1S/C72H141NO5/c1-3-5-7-9-11-13-15-17-19-21-34-38-42-46-50-54-58-62-66-72(77)78-67-63-59-55-51-47-43-39-35-31-29-27-25-23-22-24-26-28-30-33-37-41-45-49-53-57-61-65-71(76)73-69(68-74)70(75)64-60-56-52-48-44-40-36-32-20-18-16-14-12-10-8-6-4-2/h19,21,69-70,74-75H,3-18,20,22-68H2,1-2H3,(H,73,76)/b21-19-. The van der Waals surface area contributed by atoms with Gasteiger partial charge in [0.15, 0.2) is 0 Å². The molecule has 2 atom stereocenters. The number of aliphatic hydroxyl groups excluding tert-OH is 2. The van der Waals surface area contributed by atoms with Gasteiger partial charge in [-0.25, -0.2) is 0 Å². The van der Waals surface area contributed by atoms with Crippen molar-refractivity contribution < 1.29 is 24.5 Å². The number of hydrogen-bond acceptors (Lipinski definition) is 5. The van der Waals surface area contributed by atoms with Gasteiger partial charge in [0.05, 0.1) is 25.4 Å². The van der Waals surface area contributed by atoms with Crippen molar-refractivity contribution in [3.05, 3.63) is 12.2 Å². The molecule has 2 unspecified atom stereocenters. The molecule has 0 aliphatic carbocycles. The van der Waals surface area contributed by atoms with Gasteiger partial charge in [-0.15, -0.1) is 0 Å². The zero-order valence-corrected chi connectivity index (χ0v) is 53.2. The Bertz CT molecular complexity index is 1180. The molecular weight excluding hydrogens is 959 g/mol. The summed E-state index contributed by atoms with van der Waals surface area (Å²) in [4.78, 5) is 24.6. The van der Waals surface area contributed by atoms with Crippen molar-refractivity contribution in [1.82, 2.24) is 5.32 Å². The molecule has 0 saturated carbocycles. The molecule has 0 spiro atoms. The SMILES string of the molecule is CCCCCCCCC/C=C\CCCCCCCCCC(=O)OCCCCCCCCCCCCCCCCCCCCCCCCCCCCC(=O)NC(CO)C(O)CCCCCCCCCCCCCCCCCCC. The van der Waals surface area contributed by atoms with Gasteiger partial charge in [-0.1, -0.05) is 360 Å². The molecule has 0 aliphatic rings. The molecule has 0 fully saturated rings. The maximum Gasteiger partial charge on any atom is 0.305 e. The maximum absolute atomic E-state index is 12.5. The largest absolute Gasteiger partial charge is 0.466 e. The second kappa shape index (κ2) is 68.1. The first-order chi connectivity index (χ1) is 38.5. The van der Waals surface area contributed by atoms with Crippen LogP contribution in [0.1, 0.15) is 412 Å². The van der Waals surface area contributed by atoms with Crippen LogP contribution in [0, 0.1) is 0 Å². The quantitative estimate of drug-likeness (QED) is 0.0320. The first-order valence-corrected chi connectivity index (χ1v) is 35.9. The van der Waals surface area contributed by atoms with Crippen molar-refractivity contribution >= 4 is 11.9 Å². The molecule has 0 rings (SSSR count). The Morgan fingerprint density at radius 3 is 0.910 bits per heavy atom. The summed E-state index contributed by atoms with van der Waals surface area (Å²) in [6.07, 6.45) is 84.0. The van der Waals surface area contributed by atoms with Crippen LogP contribution in [-0.4, -0.2) is 47.4 Å². The average molecular weight is 1100 g/mol. The Morgan fingerprint density at radius 2 is 0.603 bits per heavy atom. The number of nitrogens with one attached hydrogen (secondary N) is 1. The number of hydrogen-bond donors (Lipinski definition) is 3. The van der Waals surface area contributed by atoms with Gasteiger partial charge in [0.2, 0.25) is 5.91 Å². The average Bonchev–Trinajstić information content (AvgIpc) is 3.44. The number of amides is 1. The number of esters is 1. The fourth-order valence-electron chi connectivity index (χ4n) is 11.6. The van der Waals surface area contributed by atoms with E-state index < -0.39 is 12.1 Å². The minimum absolute atomic E-state index is 0.0155. The van der Waals surface area contributed by atoms with Crippen molar-refractivity contribution in [3.63, 3.8) is 0 Å². The van der Waals surface area contributed by atoms with Crippen LogP contribution >= 0.6 is 0 Å². The molecule has 6 heteroatoms. The molecule has 0 heterocycles. The van der Waals surface area contributed by atoms with Crippen molar-refractivity contribution in [2.75, 3.05) is 13.2 Å². The van der Waals surface area contributed by atoms with Gasteiger partial charge in [0.1, 0.15) is 0 Å². The summed E-state index contributed by atoms with van der Waals surface area (Å²) in [6, 6.07) is -0.539. The van der Waals surface area contributed by atoms with E-state index in [1.54, 1.807) is 0 Å². The van der Waals surface area contributed by atoms with E-state index in [2.05, 4.69) is 31.3 Å². The summed E-state index contributed by atoms with van der Waals surface area (Å²) in [7, 11) is 0. The summed E-state index contributed by atoms with van der Waals surface area (Å²) in [6.45, 7) is 4.99. The van der Waals surface area contributed by atoms with E-state index in [9.17, 15) is 19.8 Å². The number of rotatable bonds is 68. The van der Waals surface area contributed by atoms with E-state index in [-0.39, 0.29) is 18.5 Å². The van der Waals surface area contributed by atoms with Gasteiger partial charge in [0.25, 0.3) is 0 Å². The number of carbonyl (C=O) groups is 2. The highest BCUT2D eigenvalue weighted by molar-refractivity contribution is 5.76. The zero-order valence-electron chi connectivity index (χ0n) is 53.2. The number of allylic oxidation sites excluding steroid dienone is 2. The van der Waals surface area contributed by atoms with Crippen LogP contribution in [0.3, 0.4) is 0 Å². The van der Waals surface area contributed by atoms with Gasteiger partial charge >= 0.3 is 5.97 Å². The minimum Gasteiger partial charge on any atom is -0.466 e. The highest BCUT2D eigenvalue weighted by Crippen LogP contribution is 2.19. The number of aliphatic hydroxyl groups is 2. The van der Waals surface area contributed by atoms with Crippen LogP contribution in [0.25, 0.3) is 0 Å². The zero-order chi connectivity index (χ0) is 56.4. The van der Waals surface area contributed by atoms with E-state index >= 15 is 0 Å². The Kier molecular flexibility index (Phi) is 66.9. The third kappa shape index (κ3) is 63.8. The predicted octanol–water partition coefficient (Wildman–Crippen LogP) is 23.1. The number of carbonyl (C=O) groups excluding carboxylic acids is 2. The van der Waals surface area contributed by atoms with E-state index in [0.717, 1.165) is 44.9 Å². The molecule has 3 N–H and O–H groups in total. The van der Waals surface area contributed by atoms with Crippen LogP contribution in [0.15, 0.2) is 12.2 Å². The topological polar surface area (TPSA) is 95.9 Å². The van der Waals surface area contributed by atoms with E-state index in [1.807, 2.05) is 0 Å². The Hall–Kier alpha value is -1.40. The first kappa shape index (κ1) is 76.6. The summed E-state index contributed by atoms with van der Waals surface area (Å²) in [5.41, 5.74) is 0. The molecule has 1 amide bonds. The number of ether oxygens (including phenoxy) is 1. The van der Waals surface area contributed by atoms with Crippen LogP contribution < -0.4 is 5.32 Å². The summed E-state index contributed by atoms with van der Waals surface area (Å²) in [5.74, 6) is -0.0131. The molecule has 78 heavy (non-hydrogen) atoms. The van der Waals surface area contributed by atoms with Crippen LogP contribution in [0.5, 0.6) is 0 Å². The second-order valence-electron chi connectivity index (χ2n) is 24.9. The van der Waals surface area contributed by atoms with Crippen LogP contribution in [0.2, 0.25) is 0 Å². The third-order valence-corrected chi connectivity index (χ3v) is 17.1. The maximum atomic E-state index is 12.5. The minimum atomic E-state index is -0.662. The molecule has 0 saturated heterocycles. The lowest BCUT2D eigenvalue weighted by atomic mass is 10.0. The monoisotopic (exact) mass is 1100 g/mol. The molecule has 6 nitrogen and oxygen atoms in total. The molecule has 464 valence electrons. The van der Waals surface area contributed by atoms with Gasteiger partial charge in [0, 0.05) is 12.8 Å². The normalized spacial score (nSPS) is 12.5. The molecule has 0 aromatic heterocycles. The number of unbranched alkanes of at least 4 members (excludes halogenated alkanes) is 55. The fraction of sp³-hybridized carbons (Fsp3) is 0.944. The van der Waals surface area contributed by atoms with Crippen molar-refractivity contribution in [1.29, 1.82) is 0 Å². The van der Waals surface area contributed by atoms with E-state index in [1.165, 1.54) is 334 Å². The fourth-order valence-corrected chi connectivity index (χ4v) is 11.6. The van der Waals surface area contributed by atoms with Crippen molar-refractivity contribution in [3.8, 4) is 0 Å². The molecule has 0 bridgehead atoms. The van der Waals surface area contributed by atoms with E-state index in [4.69, 9.17) is 4.74 Å². The molecule has 0 aliphatic heterocycles. The Labute approximate surface area is 489 Å². The lowest BCUT2D eigenvalue weighted by Gasteiger charge is -2.22. The van der Waals surface area contributed by atoms with Gasteiger partial charge in [-0.3, -0.25) is 9.59 Å². The van der Waals surface area contributed by atoms with Crippen molar-refractivity contribution in [2.24, 2.45) is 0 Å². The van der Waals surface area contributed by atoms with Crippen LogP contribution in [-0.2, 0) is 14.3 Å². The second-order valence-corrected chi connectivity index (χ2v) is 24.9. The van der Waals surface area contributed by atoms with Crippen molar-refractivity contribution in [2.45, 2.75) is 424 Å². The Morgan fingerprint density at radius 1 is 0.346 bits per heavy atom. The lowest BCUT2D eigenvalue weighted by Crippen LogP contribution is -2.45. The molecule has 0 radical (unpaired) electrons. The molecular formula is C72H141NO5. The highest BCUT2D eigenvalue weighted by Gasteiger charge is 2.20. The third-order valence-electron chi connectivity index (χ3n) is 17.1. The van der Waals surface area contributed by atoms with E-state index in [0.29, 0.717) is 25.9 Å². The van der Waals surface area contributed by atoms with Gasteiger partial charge in [-0.2, -0.15) is 0 Å². The molecule has 0 aromatic rings. The predicted molar refractivity (Wildman–Crippen MR) is 343 cm³/mol.